The van der Waals surface area contributed by atoms with Gasteiger partial charge in [-0.3, -0.25) is 4.79 Å². The van der Waals surface area contributed by atoms with E-state index < -0.39 is 29.5 Å². The Kier molecular flexibility index (Phi) is 4.39. The van der Waals surface area contributed by atoms with Gasteiger partial charge in [0.25, 0.3) is 0 Å². The van der Waals surface area contributed by atoms with Gasteiger partial charge in [0.05, 0.1) is 0 Å². The number of carbonyl (C=O) groups excluding carboxylic acids is 2. The van der Waals surface area contributed by atoms with Gasteiger partial charge in [-0.2, -0.15) is 0 Å². The largest absolute Gasteiger partial charge is 0.480 e. The van der Waals surface area contributed by atoms with Crippen molar-refractivity contribution in [3.63, 3.8) is 0 Å². The Morgan fingerprint density at radius 2 is 1.84 bits per heavy atom. The van der Waals surface area contributed by atoms with Gasteiger partial charge in [-0.1, -0.05) is 13.8 Å². The molecule has 0 heterocycles. The number of primary amides is 1. The van der Waals surface area contributed by atoms with Crippen molar-refractivity contribution in [3.8, 4) is 0 Å². The maximum atomic E-state index is 12.1. The standard InChI is InChI=1S/C12H21N3O4/c1-6(2)8(14-11(13)19)9(16)15-12(3,10(17)18)7-4-5-7/h6-8H,4-5H2,1-3H3,(H,15,16)(H,17,18)(H3,13,14,19). The maximum absolute atomic E-state index is 12.1. The predicted molar refractivity (Wildman–Crippen MR) is 68.3 cm³/mol. The molecular weight excluding hydrogens is 250 g/mol. The first-order valence-corrected chi connectivity index (χ1v) is 6.30. The molecule has 1 rings (SSSR count). The molecule has 1 aliphatic carbocycles. The van der Waals surface area contributed by atoms with Crippen LogP contribution < -0.4 is 16.4 Å². The lowest BCUT2D eigenvalue weighted by Gasteiger charge is -2.30. The Morgan fingerprint density at radius 1 is 1.32 bits per heavy atom. The van der Waals surface area contributed by atoms with E-state index in [2.05, 4.69) is 10.6 Å². The van der Waals surface area contributed by atoms with Crippen LogP contribution in [-0.4, -0.2) is 34.6 Å². The Bertz CT molecular complexity index is 392. The average molecular weight is 271 g/mol. The Balaban J connectivity index is 2.79. The molecule has 2 atom stereocenters. The highest BCUT2D eigenvalue weighted by Gasteiger charge is 2.49. The van der Waals surface area contributed by atoms with Crippen molar-refractivity contribution in [2.75, 3.05) is 0 Å². The number of hydrogen-bond donors (Lipinski definition) is 4. The van der Waals surface area contributed by atoms with Crippen molar-refractivity contribution >= 4 is 17.9 Å². The van der Waals surface area contributed by atoms with Crippen molar-refractivity contribution in [1.29, 1.82) is 0 Å². The molecule has 19 heavy (non-hydrogen) atoms. The third-order valence-corrected chi connectivity index (χ3v) is 3.47. The molecule has 7 nitrogen and oxygen atoms in total. The molecule has 0 aromatic rings. The molecule has 5 N–H and O–H groups in total. The van der Waals surface area contributed by atoms with Gasteiger partial charge in [-0.15, -0.1) is 0 Å². The summed E-state index contributed by atoms with van der Waals surface area (Å²) in [5.74, 6) is -1.84. The highest BCUT2D eigenvalue weighted by Crippen LogP contribution is 2.39. The zero-order valence-corrected chi connectivity index (χ0v) is 11.4. The highest BCUT2D eigenvalue weighted by atomic mass is 16.4. The van der Waals surface area contributed by atoms with E-state index in [9.17, 15) is 19.5 Å². The summed E-state index contributed by atoms with van der Waals surface area (Å²) < 4.78 is 0. The second-order valence-corrected chi connectivity index (χ2v) is 5.50. The minimum Gasteiger partial charge on any atom is -0.480 e. The number of carbonyl (C=O) groups is 3. The quantitative estimate of drug-likeness (QED) is 0.545. The lowest BCUT2D eigenvalue weighted by atomic mass is 9.94. The minimum atomic E-state index is -1.29. The van der Waals surface area contributed by atoms with E-state index in [1.165, 1.54) is 6.92 Å². The first-order valence-electron chi connectivity index (χ1n) is 6.30. The number of urea groups is 1. The molecule has 0 bridgehead atoms. The van der Waals surface area contributed by atoms with Gasteiger partial charge in [-0.05, 0) is 31.6 Å². The van der Waals surface area contributed by atoms with Crippen LogP contribution in [0.25, 0.3) is 0 Å². The van der Waals surface area contributed by atoms with Crippen LogP contribution in [0, 0.1) is 11.8 Å². The molecule has 0 aromatic carbocycles. The van der Waals surface area contributed by atoms with Crippen LogP contribution in [0.15, 0.2) is 0 Å². The zero-order chi connectivity index (χ0) is 14.8. The minimum absolute atomic E-state index is 0.0599. The van der Waals surface area contributed by atoms with Crippen LogP contribution in [-0.2, 0) is 9.59 Å². The van der Waals surface area contributed by atoms with Gasteiger partial charge in [-0.25, -0.2) is 9.59 Å². The normalized spacial score (nSPS) is 19.4. The summed E-state index contributed by atoms with van der Waals surface area (Å²) >= 11 is 0. The van der Waals surface area contributed by atoms with E-state index in [1.807, 2.05) is 0 Å². The van der Waals surface area contributed by atoms with Gasteiger partial charge in [0.15, 0.2) is 0 Å². The fourth-order valence-corrected chi connectivity index (χ4v) is 2.01. The number of rotatable bonds is 6. The van der Waals surface area contributed by atoms with Gasteiger partial charge in [0.1, 0.15) is 11.6 Å². The third kappa shape index (κ3) is 3.59. The predicted octanol–water partition coefficient (Wildman–Crippen LogP) is 0.0488. The number of carboxylic acids is 1. The number of amides is 3. The molecular formula is C12H21N3O4. The molecule has 0 saturated heterocycles. The van der Waals surface area contributed by atoms with E-state index in [1.54, 1.807) is 13.8 Å². The molecule has 2 unspecified atom stereocenters. The van der Waals surface area contributed by atoms with Crippen LogP contribution in [0.1, 0.15) is 33.6 Å². The fourth-order valence-electron chi connectivity index (χ4n) is 2.01. The van der Waals surface area contributed by atoms with E-state index in [0.29, 0.717) is 0 Å². The molecule has 1 saturated carbocycles. The second kappa shape index (κ2) is 5.46. The summed E-state index contributed by atoms with van der Waals surface area (Å²) in [6.07, 6.45) is 1.55. The van der Waals surface area contributed by atoms with E-state index in [-0.39, 0.29) is 11.8 Å². The van der Waals surface area contributed by atoms with Crippen molar-refractivity contribution in [1.82, 2.24) is 10.6 Å². The number of hydrogen-bond acceptors (Lipinski definition) is 3. The molecule has 0 spiro atoms. The third-order valence-electron chi connectivity index (χ3n) is 3.47. The highest BCUT2D eigenvalue weighted by molar-refractivity contribution is 5.92. The van der Waals surface area contributed by atoms with Crippen LogP contribution in [0.2, 0.25) is 0 Å². The Hall–Kier alpha value is -1.79. The molecule has 3 amide bonds. The molecule has 1 fully saturated rings. The maximum Gasteiger partial charge on any atom is 0.329 e. The molecule has 0 aliphatic heterocycles. The van der Waals surface area contributed by atoms with Crippen LogP contribution in [0.3, 0.4) is 0 Å². The smallest absolute Gasteiger partial charge is 0.329 e. The van der Waals surface area contributed by atoms with Crippen LogP contribution in [0.4, 0.5) is 4.79 Å². The summed E-state index contributed by atoms with van der Waals surface area (Å²) in [6.45, 7) is 4.98. The van der Waals surface area contributed by atoms with Crippen molar-refractivity contribution in [2.24, 2.45) is 17.6 Å². The van der Waals surface area contributed by atoms with Gasteiger partial charge in [0, 0.05) is 0 Å². The zero-order valence-electron chi connectivity index (χ0n) is 11.4. The molecule has 0 radical (unpaired) electrons. The average Bonchev–Trinajstić information content (AvgIpc) is 3.08. The summed E-state index contributed by atoms with van der Waals surface area (Å²) in [5, 5.41) is 14.1. The van der Waals surface area contributed by atoms with Crippen molar-refractivity contribution in [3.05, 3.63) is 0 Å². The topological polar surface area (TPSA) is 122 Å². The van der Waals surface area contributed by atoms with E-state index in [0.717, 1.165) is 12.8 Å². The molecule has 1 aliphatic rings. The van der Waals surface area contributed by atoms with Crippen molar-refractivity contribution < 1.29 is 19.5 Å². The lowest BCUT2D eigenvalue weighted by molar-refractivity contribution is -0.148. The van der Waals surface area contributed by atoms with E-state index >= 15 is 0 Å². The van der Waals surface area contributed by atoms with E-state index in [4.69, 9.17) is 5.73 Å². The fraction of sp³-hybridized carbons (Fsp3) is 0.750. The Morgan fingerprint density at radius 3 is 2.16 bits per heavy atom. The van der Waals surface area contributed by atoms with Crippen LogP contribution >= 0.6 is 0 Å². The lowest BCUT2D eigenvalue weighted by Crippen LogP contribution is -2.60. The summed E-state index contributed by atoms with van der Waals surface area (Å²) in [6, 6.07) is -1.65. The summed E-state index contributed by atoms with van der Waals surface area (Å²) in [5.41, 5.74) is 3.73. The van der Waals surface area contributed by atoms with Gasteiger partial charge >= 0.3 is 12.0 Å². The summed E-state index contributed by atoms with van der Waals surface area (Å²) in [7, 11) is 0. The number of nitrogens with two attached hydrogens (primary N) is 1. The van der Waals surface area contributed by atoms with Crippen molar-refractivity contribution in [2.45, 2.75) is 45.2 Å². The van der Waals surface area contributed by atoms with Crippen LogP contribution in [0.5, 0.6) is 0 Å². The van der Waals surface area contributed by atoms with Gasteiger partial charge < -0.3 is 21.5 Å². The first kappa shape index (κ1) is 15.3. The number of nitrogens with one attached hydrogen (secondary N) is 2. The second-order valence-electron chi connectivity index (χ2n) is 5.50. The van der Waals surface area contributed by atoms with Gasteiger partial charge in [0.2, 0.25) is 5.91 Å². The monoisotopic (exact) mass is 271 g/mol. The summed E-state index contributed by atoms with van der Waals surface area (Å²) in [4.78, 5) is 34.3. The number of aliphatic carboxylic acids is 1. The first-order chi connectivity index (χ1) is 8.68. The SMILES string of the molecule is CC(C)C(NC(N)=O)C(=O)NC(C)(C(=O)O)C1CC1. The molecule has 108 valence electrons. The number of carboxylic acid groups (broad SMARTS) is 1. The Labute approximate surface area is 111 Å². The molecule has 0 aromatic heterocycles. The molecule has 7 heteroatoms.